The third-order valence-corrected chi connectivity index (χ3v) is 7.06. The van der Waals surface area contributed by atoms with E-state index >= 15 is 0 Å². The summed E-state index contributed by atoms with van der Waals surface area (Å²) in [4.78, 5) is 22.8. The first-order chi connectivity index (χ1) is 16.1. The van der Waals surface area contributed by atoms with Crippen LogP contribution in [-0.2, 0) is 20.4 Å². The molecular formula is C29H40O5. The Kier molecular flexibility index (Phi) is 10.8. The molecule has 3 N–H and O–H groups in total. The lowest BCUT2D eigenvalue weighted by atomic mass is 9.75. The molecule has 5 heteroatoms. The lowest BCUT2D eigenvalue weighted by Gasteiger charge is -2.29. The van der Waals surface area contributed by atoms with Gasteiger partial charge in [0.15, 0.2) is 0 Å². The van der Waals surface area contributed by atoms with Crippen LogP contribution in [0.25, 0.3) is 0 Å². The number of carbonyl (C=O) groups is 2. The van der Waals surface area contributed by atoms with Gasteiger partial charge in [-0.25, -0.2) is 0 Å². The van der Waals surface area contributed by atoms with Gasteiger partial charge >= 0.3 is 11.9 Å². The predicted molar refractivity (Wildman–Crippen MR) is 135 cm³/mol. The summed E-state index contributed by atoms with van der Waals surface area (Å²) in [6.45, 7) is 4.02. The van der Waals surface area contributed by atoms with Crippen molar-refractivity contribution in [1.29, 1.82) is 0 Å². The number of benzene rings is 2. The molecule has 0 fully saturated rings. The first-order valence-corrected chi connectivity index (χ1v) is 12.4. The molecule has 0 aliphatic carbocycles. The standard InChI is InChI=1S/C29H40O5/c1-28(21-26(31)32,23-13-5-3-6-14-23)19-11-9-17-25(30)18-10-12-20-29(2,22-27(33)34)24-15-7-4-8-16-24/h3-8,13-16,25,30H,9-12,17-22H2,1-2H3,(H,31,32)(H,33,34). The van der Waals surface area contributed by atoms with Crippen molar-refractivity contribution in [2.75, 3.05) is 0 Å². The average molecular weight is 469 g/mol. The van der Waals surface area contributed by atoms with Crippen molar-refractivity contribution in [3.05, 3.63) is 71.8 Å². The number of rotatable bonds is 16. The quantitative estimate of drug-likeness (QED) is 0.250. The summed E-state index contributed by atoms with van der Waals surface area (Å²) in [5.41, 5.74) is 1.26. The van der Waals surface area contributed by atoms with Crippen molar-refractivity contribution >= 4 is 11.9 Å². The minimum Gasteiger partial charge on any atom is -0.481 e. The normalized spacial score (nSPS) is 15.7. The highest BCUT2D eigenvalue weighted by Gasteiger charge is 2.30. The summed E-state index contributed by atoms with van der Waals surface area (Å²) in [7, 11) is 0. The van der Waals surface area contributed by atoms with Crippen molar-refractivity contribution in [1.82, 2.24) is 0 Å². The molecule has 2 aromatic carbocycles. The van der Waals surface area contributed by atoms with E-state index in [2.05, 4.69) is 0 Å². The van der Waals surface area contributed by atoms with Gasteiger partial charge in [0, 0.05) is 10.8 Å². The third-order valence-electron chi connectivity index (χ3n) is 7.06. The molecule has 0 radical (unpaired) electrons. The van der Waals surface area contributed by atoms with Crippen LogP contribution in [0.3, 0.4) is 0 Å². The van der Waals surface area contributed by atoms with Crippen molar-refractivity contribution in [3.63, 3.8) is 0 Å². The molecule has 0 aliphatic rings. The molecule has 0 spiro atoms. The molecule has 0 saturated carbocycles. The van der Waals surface area contributed by atoms with Gasteiger partial charge in [-0.1, -0.05) is 100 Å². The lowest BCUT2D eigenvalue weighted by molar-refractivity contribution is -0.139. The van der Waals surface area contributed by atoms with Gasteiger partial charge in [0.1, 0.15) is 0 Å². The van der Waals surface area contributed by atoms with Gasteiger partial charge < -0.3 is 15.3 Å². The third kappa shape index (κ3) is 8.94. The molecule has 34 heavy (non-hydrogen) atoms. The number of aliphatic carboxylic acids is 2. The Morgan fingerprint density at radius 2 is 1.03 bits per heavy atom. The number of hydrogen-bond acceptors (Lipinski definition) is 3. The summed E-state index contributed by atoms with van der Waals surface area (Å²) in [5, 5.41) is 29.2. The lowest BCUT2D eigenvalue weighted by Crippen LogP contribution is -2.26. The highest BCUT2D eigenvalue weighted by Crippen LogP contribution is 2.35. The number of aliphatic hydroxyl groups excluding tert-OH is 1. The number of unbranched alkanes of at least 4 members (excludes halogenated alkanes) is 2. The molecule has 2 rings (SSSR count). The van der Waals surface area contributed by atoms with Crippen LogP contribution in [-0.4, -0.2) is 33.4 Å². The van der Waals surface area contributed by atoms with Crippen LogP contribution in [0.15, 0.2) is 60.7 Å². The maximum absolute atomic E-state index is 11.4. The molecule has 0 amide bonds. The van der Waals surface area contributed by atoms with Gasteiger partial charge in [0.25, 0.3) is 0 Å². The van der Waals surface area contributed by atoms with Crippen molar-refractivity contribution in [3.8, 4) is 0 Å². The van der Waals surface area contributed by atoms with Crippen LogP contribution in [0.1, 0.15) is 89.2 Å². The van der Waals surface area contributed by atoms with Gasteiger partial charge in [0.2, 0.25) is 0 Å². The molecule has 5 nitrogen and oxygen atoms in total. The molecule has 0 saturated heterocycles. The molecule has 2 atom stereocenters. The molecule has 0 aliphatic heterocycles. The van der Waals surface area contributed by atoms with E-state index in [0.29, 0.717) is 12.8 Å². The van der Waals surface area contributed by atoms with Gasteiger partial charge in [0.05, 0.1) is 18.9 Å². The van der Waals surface area contributed by atoms with Crippen molar-refractivity contribution in [2.24, 2.45) is 0 Å². The zero-order chi connectivity index (χ0) is 25.0. The summed E-state index contributed by atoms with van der Waals surface area (Å²) in [6.07, 6.45) is 6.15. The Bertz CT molecular complexity index is 808. The molecule has 186 valence electrons. The zero-order valence-corrected chi connectivity index (χ0v) is 20.6. The van der Waals surface area contributed by atoms with Crippen LogP contribution in [0, 0.1) is 0 Å². The zero-order valence-electron chi connectivity index (χ0n) is 20.6. The van der Waals surface area contributed by atoms with Crippen LogP contribution in [0.4, 0.5) is 0 Å². The van der Waals surface area contributed by atoms with Crippen molar-refractivity contribution < 1.29 is 24.9 Å². The summed E-state index contributed by atoms with van der Waals surface area (Å²) >= 11 is 0. The fourth-order valence-electron chi connectivity index (χ4n) is 4.95. The molecule has 0 bridgehead atoms. The Morgan fingerprint density at radius 3 is 1.35 bits per heavy atom. The molecular weight excluding hydrogens is 428 g/mol. The van der Waals surface area contributed by atoms with Gasteiger partial charge in [-0.05, 0) is 36.8 Å². The Morgan fingerprint density at radius 1 is 0.676 bits per heavy atom. The molecule has 2 unspecified atom stereocenters. The molecule has 2 aromatic rings. The fraction of sp³-hybridized carbons (Fsp3) is 0.517. The van der Waals surface area contributed by atoms with E-state index in [-0.39, 0.29) is 18.9 Å². The number of aliphatic hydroxyl groups is 1. The van der Waals surface area contributed by atoms with E-state index in [0.717, 1.165) is 49.7 Å². The van der Waals surface area contributed by atoms with Gasteiger partial charge in [-0.2, -0.15) is 0 Å². The summed E-state index contributed by atoms with van der Waals surface area (Å²) < 4.78 is 0. The van der Waals surface area contributed by atoms with E-state index in [1.807, 2.05) is 74.5 Å². The highest BCUT2D eigenvalue weighted by atomic mass is 16.4. The monoisotopic (exact) mass is 468 g/mol. The topological polar surface area (TPSA) is 94.8 Å². The SMILES string of the molecule is CC(CCCCC(O)CCCCC(C)(CC(=O)O)c1ccccc1)(CC(=O)O)c1ccccc1. The second kappa shape index (κ2) is 13.3. The van der Waals surface area contributed by atoms with Gasteiger partial charge in [-0.3, -0.25) is 9.59 Å². The van der Waals surface area contributed by atoms with Crippen LogP contribution < -0.4 is 0 Å². The van der Waals surface area contributed by atoms with E-state index in [1.165, 1.54) is 0 Å². The minimum atomic E-state index is -0.795. The molecule has 0 aromatic heterocycles. The van der Waals surface area contributed by atoms with Crippen LogP contribution in [0.2, 0.25) is 0 Å². The average Bonchev–Trinajstić information content (AvgIpc) is 2.80. The number of hydrogen-bond donors (Lipinski definition) is 3. The number of carboxylic acid groups (broad SMARTS) is 2. The predicted octanol–water partition coefficient (Wildman–Crippen LogP) is 6.33. The highest BCUT2D eigenvalue weighted by molar-refractivity contribution is 5.69. The summed E-state index contributed by atoms with van der Waals surface area (Å²) in [5.74, 6) is -1.59. The second-order valence-electron chi connectivity index (χ2n) is 10.1. The fourth-order valence-corrected chi connectivity index (χ4v) is 4.95. The maximum Gasteiger partial charge on any atom is 0.304 e. The largest absolute Gasteiger partial charge is 0.481 e. The minimum absolute atomic E-state index is 0.0933. The van der Waals surface area contributed by atoms with E-state index in [4.69, 9.17) is 0 Å². The van der Waals surface area contributed by atoms with Gasteiger partial charge in [-0.15, -0.1) is 0 Å². The second-order valence-corrected chi connectivity index (χ2v) is 10.1. The van der Waals surface area contributed by atoms with E-state index in [1.54, 1.807) is 0 Å². The Labute approximate surface area is 203 Å². The first-order valence-electron chi connectivity index (χ1n) is 12.4. The molecule has 0 heterocycles. The Balaban J connectivity index is 1.76. The first kappa shape index (κ1) is 27.6. The van der Waals surface area contributed by atoms with E-state index < -0.39 is 22.8 Å². The maximum atomic E-state index is 11.4. The Hall–Kier alpha value is -2.66. The summed E-state index contributed by atoms with van der Waals surface area (Å²) in [6, 6.07) is 19.6. The number of carboxylic acids is 2. The smallest absolute Gasteiger partial charge is 0.304 e. The van der Waals surface area contributed by atoms with Crippen molar-refractivity contribution in [2.45, 2.75) is 95.0 Å². The van der Waals surface area contributed by atoms with Crippen LogP contribution >= 0.6 is 0 Å². The van der Waals surface area contributed by atoms with E-state index in [9.17, 15) is 24.9 Å². The van der Waals surface area contributed by atoms with Crippen LogP contribution in [0.5, 0.6) is 0 Å².